The van der Waals surface area contributed by atoms with Gasteiger partial charge in [-0.05, 0) is 48.2 Å². The van der Waals surface area contributed by atoms with Gasteiger partial charge in [0.05, 0.1) is 18.7 Å². The Morgan fingerprint density at radius 2 is 1.88 bits per heavy atom. The minimum atomic E-state index is -0.661. The van der Waals surface area contributed by atoms with Crippen LogP contribution in [0.3, 0.4) is 0 Å². The third kappa shape index (κ3) is 3.00. The number of hydrogen-bond acceptors (Lipinski definition) is 6. The predicted octanol–water partition coefficient (Wildman–Crippen LogP) is 4.19. The summed E-state index contributed by atoms with van der Waals surface area (Å²) in [5.74, 6) is -0.793. The molecule has 1 fully saturated rings. The topological polar surface area (TPSA) is 92.9 Å². The molecule has 5 rings (SSSR count). The van der Waals surface area contributed by atoms with Crippen LogP contribution in [-0.4, -0.2) is 35.1 Å². The Labute approximate surface area is 184 Å². The number of hydrogen-bond donors (Lipinski definition) is 1. The van der Waals surface area contributed by atoms with Crippen molar-refractivity contribution >= 4 is 23.1 Å². The number of benzene rings is 2. The van der Waals surface area contributed by atoms with Gasteiger partial charge < -0.3 is 14.4 Å². The van der Waals surface area contributed by atoms with Crippen LogP contribution in [0.4, 0.5) is 5.69 Å². The third-order valence-corrected chi connectivity index (χ3v) is 6.37. The van der Waals surface area contributed by atoms with Crippen LogP contribution in [0.15, 0.2) is 64.9 Å². The van der Waals surface area contributed by atoms with Crippen molar-refractivity contribution in [3.05, 3.63) is 71.5 Å². The number of ether oxygens (including phenoxy) is 1. The first kappa shape index (κ1) is 20.1. The number of aliphatic hydroxyl groups excluding tert-OH is 1. The number of ketones is 1. The lowest BCUT2D eigenvalue weighted by molar-refractivity contribution is -0.132. The summed E-state index contributed by atoms with van der Waals surface area (Å²) < 4.78 is 10.4. The highest BCUT2D eigenvalue weighted by molar-refractivity contribution is 6.51. The lowest BCUT2D eigenvalue weighted by atomic mass is 9.81. The summed E-state index contributed by atoms with van der Waals surface area (Å²) >= 11 is 0. The van der Waals surface area contributed by atoms with Crippen LogP contribution in [0.2, 0.25) is 0 Å². The second-order valence-corrected chi connectivity index (χ2v) is 8.04. The van der Waals surface area contributed by atoms with Crippen LogP contribution < -0.4 is 9.64 Å². The van der Waals surface area contributed by atoms with Crippen LogP contribution in [0.1, 0.15) is 24.5 Å². The summed E-state index contributed by atoms with van der Waals surface area (Å²) in [7, 11) is 1.61. The van der Waals surface area contributed by atoms with Crippen LogP contribution in [-0.2, 0) is 16.0 Å². The minimum Gasteiger partial charge on any atom is -0.507 e. The minimum absolute atomic E-state index is 0.0813. The highest BCUT2D eigenvalue weighted by Crippen LogP contribution is 2.42. The molecule has 1 amide bonds. The second kappa shape index (κ2) is 7.67. The zero-order valence-corrected chi connectivity index (χ0v) is 17.7. The van der Waals surface area contributed by atoms with Gasteiger partial charge in [-0.3, -0.25) is 14.5 Å². The molecular weight excluding hydrogens is 408 g/mol. The fourth-order valence-corrected chi connectivity index (χ4v) is 4.74. The number of rotatable bonds is 4. The summed E-state index contributed by atoms with van der Waals surface area (Å²) in [6, 6.07) is 13.8. The molecule has 3 aromatic rings. The smallest absolute Gasteiger partial charge is 0.299 e. The lowest BCUT2D eigenvalue weighted by Crippen LogP contribution is -2.40. The van der Waals surface area contributed by atoms with Crippen molar-refractivity contribution < 1.29 is 24.0 Å². The molecule has 0 spiro atoms. The molecule has 1 aliphatic heterocycles. The zero-order valence-electron chi connectivity index (χ0n) is 17.7. The Morgan fingerprint density at radius 3 is 2.53 bits per heavy atom. The molecule has 2 heterocycles. The molecule has 1 aromatic heterocycles. The van der Waals surface area contributed by atoms with Gasteiger partial charge >= 0.3 is 0 Å². The molecular formula is C25H22N2O5. The summed E-state index contributed by atoms with van der Waals surface area (Å²) in [5, 5.41) is 15.0. The van der Waals surface area contributed by atoms with E-state index in [4.69, 9.17) is 9.26 Å². The van der Waals surface area contributed by atoms with Gasteiger partial charge in [0.15, 0.2) is 0 Å². The van der Waals surface area contributed by atoms with Crippen molar-refractivity contribution in [2.45, 2.75) is 25.8 Å². The van der Waals surface area contributed by atoms with E-state index in [0.717, 1.165) is 16.9 Å². The van der Waals surface area contributed by atoms with Gasteiger partial charge in [0.25, 0.3) is 11.7 Å². The molecule has 162 valence electrons. The monoisotopic (exact) mass is 430 g/mol. The van der Waals surface area contributed by atoms with Crippen molar-refractivity contribution in [3.8, 4) is 17.0 Å². The molecule has 0 saturated carbocycles. The number of fused-ring (bicyclic) bond motifs is 3. The molecule has 2 atom stereocenters. The number of aliphatic hydroxyl groups is 1. The van der Waals surface area contributed by atoms with E-state index in [2.05, 4.69) is 5.16 Å². The maximum absolute atomic E-state index is 13.2. The maximum Gasteiger partial charge on any atom is 0.299 e. The van der Waals surface area contributed by atoms with E-state index in [9.17, 15) is 14.7 Å². The number of methoxy groups -OCH3 is 1. The van der Waals surface area contributed by atoms with E-state index in [-0.39, 0.29) is 17.3 Å². The summed E-state index contributed by atoms with van der Waals surface area (Å²) in [5.41, 5.74) is 3.73. The quantitative estimate of drug-likeness (QED) is 0.624. The fraction of sp³-hybridized carbons (Fsp3) is 0.240. The van der Waals surface area contributed by atoms with Crippen LogP contribution in [0.5, 0.6) is 5.75 Å². The van der Waals surface area contributed by atoms with Gasteiger partial charge in [-0.25, -0.2) is 0 Å². The largest absolute Gasteiger partial charge is 0.507 e. The molecule has 7 heteroatoms. The van der Waals surface area contributed by atoms with Crippen LogP contribution >= 0.6 is 0 Å². The predicted molar refractivity (Wildman–Crippen MR) is 118 cm³/mol. The SMILES string of the molecule is CCC1Cc2cc(ccc2OC)C(O)=C2C(=O)C(=O)N(c3ccc(-c4ccon4)cc3)C21. The first-order valence-electron chi connectivity index (χ1n) is 10.5. The first-order valence-corrected chi connectivity index (χ1v) is 10.5. The van der Waals surface area contributed by atoms with Gasteiger partial charge in [-0.2, -0.15) is 0 Å². The number of carbonyl (C=O) groups excluding carboxylic acids is 2. The molecule has 2 aliphatic rings. The molecule has 1 N–H and O–H groups in total. The Bertz CT molecular complexity index is 1230. The Morgan fingerprint density at radius 1 is 1.12 bits per heavy atom. The molecule has 32 heavy (non-hydrogen) atoms. The van der Waals surface area contributed by atoms with E-state index >= 15 is 0 Å². The van der Waals surface area contributed by atoms with Gasteiger partial charge in [0, 0.05) is 22.9 Å². The highest BCUT2D eigenvalue weighted by Gasteiger charge is 2.49. The number of nitrogens with zero attached hydrogens (tertiary/aromatic N) is 2. The average molecular weight is 430 g/mol. The zero-order chi connectivity index (χ0) is 22.4. The maximum atomic E-state index is 13.2. The lowest BCUT2D eigenvalue weighted by Gasteiger charge is -2.33. The number of carbonyl (C=O) groups is 2. The van der Waals surface area contributed by atoms with Gasteiger partial charge in [0.2, 0.25) is 0 Å². The van der Waals surface area contributed by atoms with Gasteiger partial charge in [-0.15, -0.1) is 0 Å². The van der Waals surface area contributed by atoms with Crippen LogP contribution in [0, 0.1) is 5.92 Å². The molecule has 1 saturated heterocycles. The van der Waals surface area contributed by atoms with E-state index in [1.54, 1.807) is 37.4 Å². The van der Waals surface area contributed by atoms with Crippen molar-refractivity contribution in [2.75, 3.05) is 12.0 Å². The molecule has 0 radical (unpaired) electrons. The number of Topliss-reactive ketones (excluding diaryl/α,β-unsaturated/α-hetero) is 1. The summed E-state index contributed by atoms with van der Waals surface area (Å²) in [6.45, 7) is 2.02. The van der Waals surface area contributed by atoms with E-state index < -0.39 is 17.7 Å². The summed E-state index contributed by atoms with van der Waals surface area (Å²) in [6.07, 6.45) is 2.82. The summed E-state index contributed by atoms with van der Waals surface area (Å²) in [4.78, 5) is 27.8. The van der Waals surface area contributed by atoms with Crippen molar-refractivity contribution in [2.24, 2.45) is 5.92 Å². The van der Waals surface area contributed by atoms with Gasteiger partial charge in [-0.1, -0.05) is 30.6 Å². The Balaban J connectivity index is 1.63. The third-order valence-electron chi connectivity index (χ3n) is 6.37. The molecule has 2 bridgehead atoms. The fourth-order valence-electron chi connectivity index (χ4n) is 4.74. The molecule has 1 aliphatic carbocycles. The second-order valence-electron chi connectivity index (χ2n) is 8.04. The Kier molecular flexibility index (Phi) is 4.81. The number of aromatic nitrogens is 1. The molecule has 7 nitrogen and oxygen atoms in total. The molecule has 2 aromatic carbocycles. The van der Waals surface area contributed by atoms with E-state index in [1.165, 1.54) is 11.2 Å². The number of anilines is 1. The van der Waals surface area contributed by atoms with Gasteiger partial charge in [0.1, 0.15) is 23.5 Å². The molecule has 2 unspecified atom stereocenters. The van der Waals surface area contributed by atoms with E-state index in [0.29, 0.717) is 29.8 Å². The highest BCUT2D eigenvalue weighted by atomic mass is 16.5. The number of amides is 1. The normalized spacial score (nSPS) is 20.2. The van der Waals surface area contributed by atoms with E-state index in [1.807, 2.05) is 25.1 Å². The van der Waals surface area contributed by atoms with Crippen molar-refractivity contribution in [1.82, 2.24) is 5.16 Å². The average Bonchev–Trinajstić information content (AvgIpc) is 3.44. The van der Waals surface area contributed by atoms with Crippen LogP contribution in [0.25, 0.3) is 17.0 Å². The van der Waals surface area contributed by atoms with Crippen molar-refractivity contribution in [3.63, 3.8) is 0 Å². The Hall–Kier alpha value is -3.87. The first-order chi connectivity index (χ1) is 15.5. The van der Waals surface area contributed by atoms with Crippen molar-refractivity contribution in [1.29, 1.82) is 0 Å². The standard InChI is InChI=1S/C25H22N2O5/c1-3-14-12-17-13-16(6-9-20(17)31-2)23(28)21-22(14)27(25(30)24(21)29)18-7-4-15(5-8-18)19-10-11-32-26-19/h4-11,13-14,22,28H,3,12H2,1-2H3.